The van der Waals surface area contributed by atoms with E-state index in [0.717, 1.165) is 23.5 Å². The Balaban J connectivity index is 1.55. The molecule has 3 nitrogen and oxygen atoms in total. The highest BCUT2D eigenvalue weighted by molar-refractivity contribution is 5.37. The zero-order valence-corrected chi connectivity index (χ0v) is 12.2. The van der Waals surface area contributed by atoms with E-state index in [0.29, 0.717) is 13.0 Å². The third-order valence-corrected chi connectivity index (χ3v) is 3.80. The maximum atomic E-state index is 9.76. The molecule has 21 heavy (non-hydrogen) atoms. The van der Waals surface area contributed by atoms with Crippen LogP contribution < -0.4 is 9.47 Å². The Kier molecular flexibility index (Phi) is 4.11. The Labute approximate surface area is 125 Å². The molecule has 1 heterocycles. The van der Waals surface area contributed by atoms with Gasteiger partial charge in [-0.3, -0.25) is 0 Å². The van der Waals surface area contributed by atoms with Crippen molar-refractivity contribution < 1.29 is 14.6 Å². The molecule has 0 aromatic heterocycles. The molecule has 2 atom stereocenters. The van der Waals surface area contributed by atoms with Gasteiger partial charge in [-0.05, 0) is 35.7 Å². The summed E-state index contributed by atoms with van der Waals surface area (Å²) in [5.41, 5.74) is 2.17. The van der Waals surface area contributed by atoms with Crippen molar-refractivity contribution in [3.63, 3.8) is 0 Å². The summed E-state index contributed by atoms with van der Waals surface area (Å²) in [4.78, 5) is 0. The van der Waals surface area contributed by atoms with Gasteiger partial charge in [-0.2, -0.15) is 0 Å². The number of rotatable bonds is 5. The van der Waals surface area contributed by atoms with Crippen LogP contribution in [0.3, 0.4) is 0 Å². The molecule has 2 aromatic rings. The molecule has 0 amide bonds. The predicted octanol–water partition coefficient (Wildman–Crippen LogP) is 3.51. The lowest BCUT2D eigenvalue weighted by atomic mass is 10.1. The van der Waals surface area contributed by atoms with E-state index in [4.69, 9.17) is 9.47 Å². The van der Waals surface area contributed by atoms with Crippen molar-refractivity contribution in [2.24, 2.45) is 0 Å². The van der Waals surface area contributed by atoms with Gasteiger partial charge in [0.2, 0.25) is 0 Å². The Morgan fingerprint density at radius 3 is 2.67 bits per heavy atom. The zero-order valence-electron chi connectivity index (χ0n) is 12.2. The van der Waals surface area contributed by atoms with E-state index in [-0.39, 0.29) is 6.10 Å². The topological polar surface area (TPSA) is 38.7 Å². The van der Waals surface area contributed by atoms with E-state index < -0.39 is 6.10 Å². The maximum Gasteiger partial charge on any atom is 0.137 e. The van der Waals surface area contributed by atoms with Crippen molar-refractivity contribution in [2.75, 3.05) is 6.61 Å². The summed E-state index contributed by atoms with van der Waals surface area (Å²) in [6.07, 6.45) is 1.28. The van der Waals surface area contributed by atoms with Gasteiger partial charge in [-0.1, -0.05) is 37.3 Å². The van der Waals surface area contributed by atoms with E-state index in [9.17, 15) is 5.11 Å². The molecule has 2 unspecified atom stereocenters. The van der Waals surface area contributed by atoms with Gasteiger partial charge < -0.3 is 14.6 Å². The molecule has 0 bridgehead atoms. The number of para-hydroxylation sites is 1. The molecule has 1 aliphatic heterocycles. The fourth-order valence-corrected chi connectivity index (χ4v) is 2.56. The van der Waals surface area contributed by atoms with E-state index in [1.165, 1.54) is 5.56 Å². The van der Waals surface area contributed by atoms with Crippen LogP contribution in [0.4, 0.5) is 0 Å². The van der Waals surface area contributed by atoms with Crippen LogP contribution in [-0.2, 0) is 6.42 Å². The highest BCUT2D eigenvalue weighted by Gasteiger charge is 2.22. The summed E-state index contributed by atoms with van der Waals surface area (Å²) in [6, 6.07) is 15.7. The molecule has 0 fully saturated rings. The average Bonchev–Trinajstić information content (AvgIpc) is 2.95. The molecule has 0 saturated carbocycles. The SMILES string of the molecule is CCC(O)c1ccc(OCC2Cc3ccccc3O2)cc1. The Bertz CT molecular complexity index is 567. The second-order valence-corrected chi connectivity index (χ2v) is 5.36. The van der Waals surface area contributed by atoms with Crippen LogP contribution in [0.5, 0.6) is 11.5 Å². The lowest BCUT2D eigenvalue weighted by molar-refractivity contribution is 0.148. The first-order valence-corrected chi connectivity index (χ1v) is 7.41. The van der Waals surface area contributed by atoms with E-state index >= 15 is 0 Å². The first-order chi connectivity index (χ1) is 10.3. The number of benzene rings is 2. The van der Waals surface area contributed by atoms with Crippen molar-refractivity contribution in [3.05, 3.63) is 59.7 Å². The molecule has 110 valence electrons. The predicted molar refractivity (Wildman–Crippen MR) is 81.7 cm³/mol. The van der Waals surface area contributed by atoms with Crippen LogP contribution in [0.25, 0.3) is 0 Å². The minimum atomic E-state index is -0.397. The van der Waals surface area contributed by atoms with Crippen molar-refractivity contribution in [2.45, 2.75) is 32.0 Å². The first kappa shape index (κ1) is 14.0. The minimum Gasteiger partial charge on any atom is -0.490 e. The monoisotopic (exact) mass is 284 g/mol. The Morgan fingerprint density at radius 2 is 1.95 bits per heavy atom. The summed E-state index contributed by atoms with van der Waals surface area (Å²) < 4.78 is 11.6. The summed E-state index contributed by atoms with van der Waals surface area (Å²) in [6.45, 7) is 2.49. The molecule has 0 aliphatic carbocycles. The summed E-state index contributed by atoms with van der Waals surface area (Å²) >= 11 is 0. The van der Waals surface area contributed by atoms with Crippen molar-refractivity contribution >= 4 is 0 Å². The quantitative estimate of drug-likeness (QED) is 0.913. The van der Waals surface area contributed by atoms with Crippen LogP contribution in [0, 0.1) is 0 Å². The molecular weight excluding hydrogens is 264 g/mol. The summed E-state index contributed by atoms with van der Waals surface area (Å²) in [7, 11) is 0. The smallest absolute Gasteiger partial charge is 0.137 e. The molecule has 2 aromatic carbocycles. The van der Waals surface area contributed by atoms with E-state index in [1.54, 1.807) is 0 Å². The minimum absolute atomic E-state index is 0.0725. The zero-order chi connectivity index (χ0) is 14.7. The van der Waals surface area contributed by atoms with Gasteiger partial charge in [0.15, 0.2) is 0 Å². The standard InChI is InChI=1S/C18H20O3/c1-2-17(19)13-7-9-15(10-8-13)20-12-16-11-14-5-3-4-6-18(14)21-16/h3-10,16-17,19H,2,11-12H2,1H3. The van der Waals surface area contributed by atoms with Crippen LogP contribution in [0.1, 0.15) is 30.6 Å². The summed E-state index contributed by atoms with van der Waals surface area (Å²) in [5, 5.41) is 9.76. The number of hydrogen-bond acceptors (Lipinski definition) is 3. The number of hydrogen-bond donors (Lipinski definition) is 1. The second-order valence-electron chi connectivity index (χ2n) is 5.36. The van der Waals surface area contributed by atoms with Crippen LogP contribution >= 0.6 is 0 Å². The molecule has 0 radical (unpaired) electrons. The highest BCUT2D eigenvalue weighted by atomic mass is 16.5. The molecule has 3 rings (SSSR count). The van der Waals surface area contributed by atoms with Gasteiger partial charge in [0.1, 0.15) is 24.2 Å². The van der Waals surface area contributed by atoms with Crippen molar-refractivity contribution in [1.29, 1.82) is 0 Å². The van der Waals surface area contributed by atoms with Crippen LogP contribution in [0.2, 0.25) is 0 Å². The third kappa shape index (κ3) is 3.19. The molecular formula is C18H20O3. The van der Waals surface area contributed by atoms with Gasteiger partial charge in [0, 0.05) is 6.42 Å². The van der Waals surface area contributed by atoms with Crippen molar-refractivity contribution in [3.8, 4) is 11.5 Å². The lowest BCUT2D eigenvalue weighted by Gasteiger charge is -2.13. The fourth-order valence-electron chi connectivity index (χ4n) is 2.56. The number of aliphatic hydroxyl groups is 1. The number of fused-ring (bicyclic) bond motifs is 1. The average molecular weight is 284 g/mol. The molecule has 0 saturated heterocycles. The van der Waals surface area contributed by atoms with Gasteiger partial charge in [-0.15, -0.1) is 0 Å². The molecule has 0 spiro atoms. The number of aliphatic hydroxyl groups excluding tert-OH is 1. The normalized spacial score (nSPS) is 17.9. The van der Waals surface area contributed by atoms with Gasteiger partial charge in [0.25, 0.3) is 0 Å². The molecule has 3 heteroatoms. The molecule has 1 aliphatic rings. The maximum absolute atomic E-state index is 9.76. The summed E-state index contributed by atoms with van der Waals surface area (Å²) in [5.74, 6) is 1.77. The van der Waals surface area contributed by atoms with Crippen LogP contribution in [-0.4, -0.2) is 17.8 Å². The Morgan fingerprint density at radius 1 is 1.19 bits per heavy atom. The highest BCUT2D eigenvalue weighted by Crippen LogP contribution is 2.28. The van der Waals surface area contributed by atoms with E-state index in [2.05, 4.69) is 6.07 Å². The van der Waals surface area contributed by atoms with Gasteiger partial charge in [0.05, 0.1) is 6.10 Å². The molecule has 1 N–H and O–H groups in total. The van der Waals surface area contributed by atoms with Gasteiger partial charge >= 0.3 is 0 Å². The Hall–Kier alpha value is -2.00. The lowest BCUT2D eigenvalue weighted by Crippen LogP contribution is -2.22. The van der Waals surface area contributed by atoms with Gasteiger partial charge in [-0.25, -0.2) is 0 Å². The first-order valence-electron chi connectivity index (χ1n) is 7.41. The third-order valence-electron chi connectivity index (χ3n) is 3.80. The van der Waals surface area contributed by atoms with Crippen LogP contribution in [0.15, 0.2) is 48.5 Å². The fraction of sp³-hybridized carbons (Fsp3) is 0.333. The number of ether oxygens (including phenoxy) is 2. The van der Waals surface area contributed by atoms with Crippen molar-refractivity contribution in [1.82, 2.24) is 0 Å². The second kappa shape index (κ2) is 6.19. The van der Waals surface area contributed by atoms with E-state index in [1.807, 2.05) is 49.4 Å². The largest absolute Gasteiger partial charge is 0.490 e.